The van der Waals surface area contributed by atoms with Gasteiger partial charge in [0.25, 0.3) is 11.8 Å². The lowest BCUT2D eigenvalue weighted by Gasteiger charge is -2.13. The zero-order valence-electron chi connectivity index (χ0n) is 14.2. The lowest BCUT2D eigenvalue weighted by molar-refractivity contribution is -0.145. The normalized spacial score (nSPS) is 12.9. The molecule has 0 saturated carbocycles. The van der Waals surface area contributed by atoms with Crippen molar-refractivity contribution in [2.24, 2.45) is 0 Å². The number of benzene rings is 1. The molecule has 2 N–H and O–H groups in total. The fraction of sp³-hybridized carbons (Fsp3) is 0.235. The molecule has 0 saturated heterocycles. The number of aromatic nitrogens is 2. The summed E-state index contributed by atoms with van der Waals surface area (Å²) < 4.78 is 9.78. The summed E-state index contributed by atoms with van der Waals surface area (Å²) in [7, 11) is 0. The summed E-state index contributed by atoms with van der Waals surface area (Å²) in [6.07, 6.45) is 0. The van der Waals surface area contributed by atoms with Crippen LogP contribution in [0.2, 0.25) is 0 Å². The van der Waals surface area contributed by atoms with E-state index in [-0.39, 0.29) is 29.1 Å². The average molecular weight is 373 g/mol. The van der Waals surface area contributed by atoms with Crippen LogP contribution in [0.5, 0.6) is 0 Å². The monoisotopic (exact) mass is 373 g/mol. The van der Waals surface area contributed by atoms with Gasteiger partial charge in [0.15, 0.2) is 5.69 Å². The molecular formula is C17H15N3O7. The van der Waals surface area contributed by atoms with E-state index in [1.807, 2.05) is 0 Å². The number of aromatic amines is 2. The maximum atomic E-state index is 12.2. The van der Waals surface area contributed by atoms with Gasteiger partial charge in [-0.2, -0.15) is 0 Å². The molecule has 2 amide bonds. The van der Waals surface area contributed by atoms with E-state index in [0.29, 0.717) is 0 Å². The zero-order valence-corrected chi connectivity index (χ0v) is 14.2. The van der Waals surface area contributed by atoms with E-state index < -0.39 is 42.6 Å². The second kappa shape index (κ2) is 7.28. The molecule has 1 aliphatic heterocycles. The third-order valence-corrected chi connectivity index (χ3v) is 3.83. The van der Waals surface area contributed by atoms with Crippen LogP contribution < -0.4 is 5.69 Å². The van der Waals surface area contributed by atoms with Crippen molar-refractivity contribution in [2.75, 3.05) is 13.2 Å². The van der Waals surface area contributed by atoms with Gasteiger partial charge < -0.3 is 14.5 Å². The summed E-state index contributed by atoms with van der Waals surface area (Å²) in [5.74, 6) is -2.83. The molecule has 0 radical (unpaired) electrons. The molecule has 0 atom stereocenters. The van der Waals surface area contributed by atoms with Gasteiger partial charge in [-0.15, -0.1) is 0 Å². The van der Waals surface area contributed by atoms with Crippen LogP contribution in [0.3, 0.4) is 0 Å². The predicted octanol–water partition coefficient (Wildman–Crippen LogP) is 0.219. The van der Waals surface area contributed by atoms with E-state index in [4.69, 9.17) is 9.47 Å². The number of nitrogens with zero attached hydrogens (tertiary/aromatic N) is 1. The van der Waals surface area contributed by atoms with Gasteiger partial charge in [-0.05, 0) is 19.1 Å². The number of H-pyrrole nitrogens is 2. The number of amides is 2. The molecule has 10 nitrogen and oxygen atoms in total. The molecule has 140 valence electrons. The summed E-state index contributed by atoms with van der Waals surface area (Å²) in [5.41, 5.74) is -0.362. The molecule has 3 rings (SSSR count). The molecule has 0 fully saturated rings. The largest absolute Gasteiger partial charge is 0.461 e. The fourth-order valence-corrected chi connectivity index (χ4v) is 2.62. The quantitative estimate of drug-likeness (QED) is 0.545. The number of hydrogen-bond donors (Lipinski definition) is 2. The van der Waals surface area contributed by atoms with Crippen molar-refractivity contribution < 1.29 is 28.7 Å². The minimum Gasteiger partial charge on any atom is -0.461 e. The minimum absolute atomic E-state index is 0.0224. The standard InChI is InChI=1S/C17H15N3O7/c1-2-26-16(24)13-11(18-17(25)19-13)8-27-12(21)7-20-14(22)9-5-3-4-6-10(9)15(20)23/h3-6H,2,7-8H2,1H3,(H2,18,19,25). The summed E-state index contributed by atoms with van der Waals surface area (Å²) in [4.78, 5) is 65.0. The van der Waals surface area contributed by atoms with Crippen molar-refractivity contribution in [1.29, 1.82) is 0 Å². The molecule has 2 aromatic rings. The van der Waals surface area contributed by atoms with Gasteiger partial charge in [0.2, 0.25) is 0 Å². The fourth-order valence-electron chi connectivity index (χ4n) is 2.62. The van der Waals surface area contributed by atoms with Crippen molar-refractivity contribution in [1.82, 2.24) is 14.9 Å². The second-order valence-electron chi connectivity index (χ2n) is 5.56. The highest BCUT2D eigenvalue weighted by Gasteiger charge is 2.36. The number of imide groups is 1. The Bertz CT molecular complexity index is 953. The molecule has 0 spiro atoms. The number of fused-ring (bicyclic) bond motifs is 1. The Morgan fingerprint density at radius 1 is 1.00 bits per heavy atom. The molecule has 0 unspecified atom stereocenters. The van der Waals surface area contributed by atoms with Crippen molar-refractivity contribution in [2.45, 2.75) is 13.5 Å². The van der Waals surface area contributed by atoms with Gasteiger partial charge in [0, 0.05) is 0 Å². The Labute approximate surface area is 152 Å². The van der Waals surface area contributed by atoms with Crippen LogP contribution in [-0.4, -0.2) is 51.8 Å². The van der Waals surface area contributed by atoms with Crippen LogP contribution in [0.25, 0.3) is 0 Å². The molecule has 1 aromatic carbocycles. The number of carbonyl (C=O) groups is 4. The van der Waals surface area contributed by atoms with Gasteiger partial charge in [0.05, 0.1) is 23.4 Å². The first-order valence-corrected chi connectivity index (χ1v) is 8.01. The average Bonchev–Trinajstić information content (AvgIpc) is 3.14. The van der Waals surface area contributed by atoms with Gasteiger partial charge >= 0.3 is 17.6 Å². The van der Waals surface area contributed by atoms with Crippen molar-refractivity contribution in [3.05, 3.63) is 57.3 Å². The molecule has 2 heterocycles. The zero-order chi connectivity index (χ0) is 19.6. The van der Waals surface area contributed by atoms with Crippen molar-refractivity contribution in [3.8, 4) is 0 Å². The Morgan fingerprint density at radius 3 is 2.22 bits per heavy atom. The predicted molar refractivity (Wildman–Crippen MR) is 89.0 cm³/mol. The Morgan fingerprint density at radius 2 is 1.63 bits per heavy atom. The number of esters is 2. The first kappa shape index (κ1) is 18.1. The Hall–Kier alpha value is -3.69. The van der Waals surface area contributed by atoms with Crippen LogP contribution in [0.1, 0.15) is 43.8 Å². The second-order valence-corrected chi connectivity index (χ2v) is 5.56. The van der Waals surface area contributed by atoms with Gasteiger partial charge in [-0.25, -0.2) is 9.59 Å². The van der Waals surface area contributed by atoms with Crippen LogP contribution in [0.15, 0.2) is 29.1 Å². The molecule has 0 aliphatic carbocycles. The van der Waals surface area contributed by atoms with E-state index in [0.717, 1.165) is 4.90 Å². The third kappa shape index (κ3) is 3.50. The molecule has 0 bridgehead atoms. The van der Waals surface area contributed by atoms with E-state index >= 15 is 0 Å². The minimum atomic E-state index is -0.874. The highest BCUT2D eigenvalue weighted by molar-refractivity contribution is 6.22. The Kier molecular flexibility index (Phi) is 4.88. The summed E-state index contributed by atoms with van der Waals surface area (Å²) in [6, 6.07) is 6.23. The lowest BCUT2D eigenvalue weighted by atomic mass is 10.1. The number of rotatable bonds is 6. The number of imidazole rings is 1. The molecule has 1 aliphatic rings. The summed E-state index contributed by atoms with van der Waals surface area (Å²) in [5, 5.41) is 0. The smallest absolute Gasteiger partial charge is 0.356 e. The highest BCUT2D eigenvalue weighted by atomic mass is 16.5. The SMILES string of the molecule is CCOC(=O)c1[nH]c(=O)[nH]c1COC(=O)CN1C(=O)c2ccccc2C1=O. The summed E-state index contributed by atoms with van der Waals surface area (Å²) in [6.45, 7) is 0.681. The topological polar surface area (TPSA) is 139 Å². The van der Waals surface area contributed by atoms with Gasteiger partial charge in [-0.3, -0.25) is 24.3 Å². The lowest BCUT2D eigenvalue weighted by Crippen LogP contribution is -2.35. The van der Waals surface area contributed by atoms with Crippen molar-refractivity contribution >= 4 is 23.8 Å². The van der Waals surface area contributed by atoms with Gasteiger partial charge in [-0.1, -0.05) is 12.1 Å². The maximum Gasteiger partial charge on any atom is 0.356 e. The molecule has 10 heteroatoms. The van der Waals surface area contributed by atoms with Gasteiger partial charge in [0.1, 0.15) is 13.2 Å². The Balaban J connectivity index is 1.65. The van der Waals surface area contributed by atoms with Crippen LogP contribution in [-0.2, 0) is 20.9 Å². The van der Waals surface area contributed by atoms with E-state index in [9.17, 15) is 24.0 Å². The first-order valence-electron chi connectivity index (χ1n) is 8.01. The molecule has 1 aromatic heterocycles. The van der Waals surface area contributed by atoms with Crippen LogP contribution >= 0.6 is 0 Å². The number of carbonyl (C=O) groups excluding carboxylic acids is 4. The number of nitrogens with one attached hydrogen (secondary N) is 2. The van der Waals surface area contributed by atoms with E-state index in [2.05, 4.69) is 9.97 Å². The first-order chi connectivity index (χ1) is 12.9. The summed E-state index contributed by atoms with van der Waals surface area (Å²) >= 11 is 0. The number of hydrogen-bond acceptors (Lipinski definition) is 7. The third-order valence-electron chi connectivity index (χ3n) is 3.83. The van der Waals surface area contributed by atoms with E-state index in [1.54, 1.807) is 19.1 Å². The van der Waals surface area contributed by atoms with Crippen LogP contribution in [0.4, 0.5) is 0 Å². The highest BCUT2D eigenvalue weighted by Crippen LogP contribution is 2.22. The van der Waals surface area contributed by atoms with E-state index in [1.165, 1.54) is 12.1 Å². The molecule has 27 heavy (non-hydrogen) atoms. The maximum absolute atomic E-state index is 12.2. The van der Waals surface area contributed by atoms with Crippen LogP contribution in [0, 0.1) is 0 Å². The van der Waals surface area contributed by atoms with Crippen molar-refractivity contribution in [3.63, 3.8) is 0 Å². The number of ether oxygens (including phenoxy) is 2. The molecular weight excluding hydrogens is 358 g/mol.